The van der Waals surface area contributed by atoms with E-state index in [2.05, 4.69) is 0 Å². The second kappa shape index (κ2) is 7.66. The Morgan fingerprint density at radius 3 is 2.62 bits per heavy atom. The molecule has 6 heteroatoms. The van der Waals surface area contributed by atoms with Crippen LogP contribution in [0.3, 0.4) is 0 Å². The van der Waals surface area contributed by atoms with E-state index in [0.717, 1.165) is 17.1 Å². The summed E-state index contributed by atoms with van der Waals surface area (Å²) >= 11 is 3.58. The van der Waals surface area contributed by atoms with Crippen LogP contribution >= 0.6 is 23.5 Å². The van der Waals surface area contributed by atoms with Crippen LogP contribution < -0.4 is 0 Å². The second-order valence-corrected chi connectivity index (χ2v) is 8.52. The van der Waals surface area contributed by atoms with Gasteiger partial charge in [-0.25, -0.2) is 9.69 Å². The van der Waals surface area contributed by atoms with Gasteiger partial charge in [0.15, 0.2) is 0 Å². The molecule has 2 saturated heterocycles. The van der Waals surface area contributed by atoms with E-state index in [0.29, 0.717) is 0 Å². The molecule has 0 bridgehead atoms. The molecule has 0 saturated carbocycles. The minimum absolute atomic E-state index is 0.190. The highest BCUT2D eigenvalue weighted by molar-refractivity contribution is 8.22. The van der Waals surface area contributed by atoms with Gasteiger partial charge >= 0.3 is 6.09 Å². The Kier molecular flexibility index (Phi) is 5.56. The van der Waals surface area contributed by atoms with Crippen LogP contribution in [0.4, 0.5) is 4.79 Å². The first-order valence-electron chi connectivity index (χ1n) is 8.14. The van der Waals surface area contributed by atoms with Gasteiger partial charge in [0.2, 0.25) is 5.91 Å². The van der Waals surface area contributed by atoms with E-state index < -0.39 is 12.2 Å². The summed E-state index contributed by atoms with van der Waals surface area (Å²) in [5.74, 6) is 1.67. The molecular formula is C18H21NO3S2. The van der Waals surface area contributed by atoms with Gasteiger partial charge in [-0.2, -0.15) is 0 Å². The lowest BCUT2D eigenvalue weighted by Gasteiger charge is -2.22. The van der Waals surface area contributed by atoms with E-state index >= 15 is 0 Å². The molecule has 128 valence electrons. The van der Waals surface area contributed by atoms with Crippen LogP contribution in [-0.2, 0) is 9.53 Å². The summed E-state index contributed by atoms with van der Waals surface area (Å²) in [6, 6.07) is 9.27. The lowest BCUT2D eigenvalue weighted by Crippen LogP contribution is -2.40. The average molecular weight is 364 g/mol. The molecular weight excluding hydrogens is 342 g/mol. The van der Waals surface area contributed by atoms with Crippen molar-refractivity contribution in [1.29, 1.82) is 0 Å². The standard InChI is InChI=1S/C18H21NO3S2/c1-12(11-15-23-9-6-10-24-15)17(20)19-13(2)16(22-18(19)21)14-7-4-3-5-8-14/h3-5,7-8,11-13,16H,6,9-10H2,1-2H3/t12-,13-,16-/m1/s1. The molecule has 3 rings (SSSR count). The van der Waals surface area contributed by atoms with Gasteiger partial charge in [0, 0.05) is 4.24 Å². The van der Waals surface area contributed by atoms with Crippen molar-refractivity contribution in [3.8, 4) is 0 Å². The smallest absolute Gasteiger partial charge is 0.417 e. The van der Waals surface area contributed by atoms with E-state index in [4.69, 9.17) is 4.74 Å². The normalized spacial score (nSPS) is 25.3. The summed E-state index contributed by atoms with van der Waals surface area (Å²) in [4.78, 5) is 26.3. The molecule has 2 heterocycles. The number of carbonyl (C=O) groups excluding carboxylic acids is 2. The van der Waals surface area contributed by atoms with Crippen LogP contribution in [-0.4, -0.2) is 34.4 Å². The second-order valence-electron chi connectivity index (χ2n) is 5.99. The van der Waals surface area contributed by atoms with Crippen LogP contribution in [0.2, 0.25) is 0 Å². The Morgan fingerprint density at radius 2 is 1.96 bits per heavy atom. The maximum atomic E-state index is 12.8. The van der Waals surface area contributed by atoms with Crippen molar-refractivity contribution >= 4 is 35.5 Å². The van der Waals surface area contributed by atoms with Crippen LogP contribution in [0.25, 0.3) is 0 Å². The number of amides is 2. The number of ether oxygens (including phenoxy) is 1. The number of hydrogen-bond donors (Lipinski definition) is 0. The van der Waals surface area contributed by atoms with Crippen LogP contribution in [0.5, 0.6) is 0 Å². The lowest BCUT2D eigenvalue weighted by molar-refractivity contribution is -0.131. The molecule has 0 aliphatic carbocycles. The van der Waals surface area contributed by atoms with Gasteiger partial charge in [0.25, 0.3) is 0 Å². The largest absolute Gasteiger partial charge is 0.439 e. The van der Waals surface area contributed by atoms with Gasteiger partial charge in [-0.3, -0.25) is 4.79 Å². The molecule has 2 aliphatic rings. The van der Waals surface area contributed by atoms with E-state index in [1.54, 1.807) is 23.5 Å². The fraction of sp³-hybridized carbons (Fsp3) is 0.444. The maximum absolute atomic E-state index is 12.8. The summed E-state index contributed by atoms with van der Waals surface area (Å²) < 4.78 is 6.65. The molecule has 2 fully saturated rings. The molecule has 0 spiro atoms. The molecule has 1 aromatic rings. The molecule has 24 heavy (non-hydrogen) atoms. The summed E-state index contributed by atoms with van der Waals surface area (Å²) in [5.41, 5.74) is 0.915. The summed E-state index contributed by atoms with van der Waals surface area (Å²) in [6.07, 6.45) is 2.23. The zero-order valence-electron chi connectivity index (χ0n) is 13.8. The van der Waals surface area contributed by atoms with Crippen molar-refractivity contribution in [1.82, 2.24) is 4.90 Å². The van der Waals surface area contributed by atoms with Crippen molar-refractivity contribution in [3.05, 3.63) is 46.2 Å². The van der Waals surface area contributed by atoms with E-state index in [1.165, 1.54) is 15.6 Å². The first-order valence-corrected chi connectivity index (χ1v) is 10.1. The van der Waals surface area contributed by atoms with Gasteiger partial charge in [0.1, 0.15) is 6.10 Å². The average Bonchev–Trinajstić information content (AvgIpc) is 2.90. The van der Waals surface area contributed by atoms with Crippen molar-refractivity contribution in [3.63, 3.8) is 0 Å². The molecule has 1 aromatic carbocycles. The Bertz CT molecular complexity index is 639. The maximum Gasteiger partial charge on any atom is 0.417 e. The Balaban J connectivity index is 1.73. The predicted molar refractivity (Wildman–Crippen MR) is 98.8 cm³/mol. The molecule has 4 nitrogen and oxygen atoms in total. The quantitative estimate of drug-likeness (QED) is 0.794. The van der Waals surface area contributed by atoms with Gasteiger partial charge in [0.05, 0.1) is 12.0 Å². The molecule has 0 unspecified atom stereocenters. The number of hydrogen-bond acceptors (Lipinski definition) is 5. The van der Waals surface area contributed by atoms with Crippen molar-refractivity contribution < 1.29 is 14.3 Å². The van der Waals surface area contributed by atoms with E-state index in [-0.39, 0.29) is 17.9 Å². The third kappa shape index (κ3) is 3.64. The molecule has 0 N–H and O–H groups in total. The van der Waals surface area contributed by atoms with Crippen LogP contribution in [0.15, 0.2) is 40.6 Å². The molecule has 3 atom stereocenters. The monoisotopic (exact) mass is 363 g/mol. The highest BCUT2D eigenvalue weighted by Crippen LogP contribution is 2.37. The fourth-order valence-electron chi connectivity index (χ4n) is 2.88. The molecule has 2 aliphatic heterocycles. The molecule has 0 radical (unpaired) electrons. The van der Waals surface area contributed by atoms with Gasteiger partial charge in [-0.15, -0.1) is 23.5 Å². The van der Waals surface area contributed by atoms with E-state index in [9.17, 15) is 9.59 Å². The van der Waals surface area contributed by atoms with Crippen molar-refractivity contribution in [2.24, 2.45) is 5.92 Å². The summed E-state index contributed by atoms with van der Waals surface area (Å²) in [6.45, 7) is 3.71. The minimum atomic E-state index is -0.546. The van der Waals surface area contributed by atoms with Gasteiger partial charge in [-0.05, 0) is 30.4 Å². The van der Waals surface area contributed by atoms with Crippen molar-refractivity contribution in [2.45, 2.75) is 32.4 Å². The van der Waals surface area contributed by atoms with Gasteiger partial charge < -0.3 is 4.74 Å². The van der Waals surface area contributed by atoms with Crippen molar-refractivity contribution in [2.75, 3.05) is 11.5 Å². The first kappa shape index (κ1) is 17.4. The lowest BCUT2D eigenvalue weighted by atomic mass is 10.0. The fourth-order valence-corrected chi connectivity index (χ4v) is 5.48. The Labute approximate surface area is 151 Å². The topological polar surface area (TPSA) is 46.6 Å². The highest BCUT2D eigenvalue weighted by atomic mass is 32.2. The molecule has 0 aromatic heterocycles. The Morgan fingerprint density at radius 1 is 1.29 bits per heavy atom. The summed E-state index contributed by atoms with van der Waals surface area (Å²) in [5, 5.41) is 0. The zero-order chi connectivity index (χ0) is 17.1. The van der Waals surface area contributed by atoms with E-state index in [1.807, 2.05) is 50.3 Å². The highest BCUT2D eigenvalue weighted by Gasteiger charge is 2.44. The minimum Gasteiger partial charge on any atom is -0.439 e. The number of imide groups is 1. The number of rotatable bonds is 3. The Hall–Kier alpha value is -1.40. The first-order chi connectivity index (χ1) is 11.6. The van der Waals surface area contributed by atoms with Crippen LogP contribution in [0.1, 0.15) is 31.9 Å². The predicted octanol–water partition coefficient (Wildman–Crippen LogP) is 4.44. The third-order valence-corrected chi connectivity index (χ3v) is 6.72. The zero-order valence-corrected chi connectivity index (χ0v) is 15.4. The number of cyclic esters (lactones) is 1. The number of thioether (sulfide) groups is 2. The number of carbonyl (C=O) groups is 2. The SMILES string of the molecule is C[C@H](C=C1SCCCS1)C(=O)N1C(=O)O[C@@H](c2ccccc2)[C@H]1C. The number of benzene rings is 1. The third-order valence-electron chi connectivity index (χ3n) is 4.19. The van der Waals surface area contributed by atoms with Crippen LogP contribution in [0, 0.1) is 5.92 Å². The number of nitrogens with zero attached hydrogens (tertiary/aromatic N) is 1. The van der Waals surface area contributed by atoms with Gasteiger partial charge in [-0.1, -0.05) is 43.3 Å². The molecule has 2 amide bonds. The summed E-state index contributed by atoms with van der Waals surface area (Å²) in [7, 11) is 0.